The Balaban J connectivity index is 1.75. The Kier molecular flexibility index (Phi) is 6.49. The van der Waals surface area contributed by atoms with E-state index in [2.05, 4.69) is 56.7 Å². The molecule has 0 spiro atoms. The second-order valence-corrected chi connectivity index (χ2v) is 9.05. The Bertz CT molecular complexity index is 723. The van der Waals surface area contributed by atoms with Crippen molar-refractivity contribution in [2.75, 3.05) is 13.1 Å². The smallest absolute Gasteiger partial charge is 0.304 e. The summed E-state index contributed by atoms with van der Waals surface area (Å²) >= 11 is 7.21. The number of likely N-dealkylation sites (tertiary alicyclic amines) is 1. The van der Waals surface area contributed by atoms with Crippen LogP contribution in [0.1, 0.15) is 41.0 Å². The van der Waals surface area contributed by atoms with Crippen LogP contribution in [-0.4, -0.2) is 35.1 Å². The molecule has 2 aromatic heterocycles. The van der Waals surface area contributed by atoms with Gasteiger partial charge in [0, 0.05) is 32.4 Å². The van der Waals surface area contributed by atoms with Gasteiger partial charge in [0.15, 0.2) is 0 Å². The summed E-state index contributed by atoms with van der Waals surface area (Å²) in [6.07, 6.45) is 5.63. The van der Waals surface area contributed by atoms with Gasteiger partial charge < -0.3 is 5.11 Å². The summed E-state index contributed by atoms with van der Waals surface area (Å²) < 4.78 is 1.14. The number of rotatable bonds is 7. The normalized spacial score (nSPS) is 18.8. The van der Waals surface area contributed by atoms with Gasteiger partial charge in [-0.05, 0) is 77.1 Å². The maximum absolute atomic E-state index is 11.0. The van der Waals surface area contributed by atoms with Crippen LogP contribution in [-0.2, 0) is 4.79 Å². The summed E-state index contributed by atoms with van der Waals surface area (Å²) in [7, 11) is 0. The molecule has 1 fully saturated rings. The van der Waals surface area contributed by atoms with Gasteiger partial charge in [0.2, 0.25) is 0 Å². The third-order valence-corrected chi connectivity index (χ3v) is 7.56. The minimum absolute atomic E-state index is 0.200. The molecular formula is C19H22BrNO2S2. The number of aryl methyl sites for hydroxylation is 1. The van der Waals surface area contributed by atoms with E-state index in [9.17, 15) is 4.79 Å². The van der Waals surface area contributed by atoms with Crippen molar-refractivity contribution >= 4 is 50.1 Å². The molecule has 0 amide bonds. The Morgan fingerprint density at radius 1 is 1.36 bits per heavy atom. The van der Waals surface area contributed by atoms with Crippen LogP contribution in [0, 0.1) is 6.92 Å². The van der Waals surface area contributed by atoms with Gasteiger partial charge >= 0.3 is 5.97 Å². The highest BCUT2D eigenvalue weighted by Crippen LogP contribution is 2.38. The number of carbonyl (C=O) groups is 1. The summed E-state index contributed by atoms with van der Waals surface area (Å²) in [6.45, 7) is 4.10. The molecule has 1 atom stereocenters. The lowest BCUT2D eigenvalue weighted by atomic mass is 10.1. The van der Waals surface area contributed by atoms with Crippen LogP contribution in [0.3, 0.4) is 0 Å². The molecule has 1 saturated heterocycles. The zero-order valence-electron chi connectivity index (χ0n) is 14.2. The van der Waals surface area contributed by atoms with E-state index in [4.69, 9.17) is 5.11 Å². The number of hydrogen-bond acceptors (Lipinski definition) is 4. The van der Waals surface area contributed by atoms with Crippen LogP contribution in [0.25, 0.3) is 5.57 Å². The van der Waals surface area contributed by atoms with E-state index < -0.39 is 5.97 Å². The van der Waals surface area contributed by atoms with Crippen molar-refractivity contribution < 1.29 is 9.90 Å². The molecule has 1 aliphatic rings. The fourth-order valence-corrected chi connectivity index (χ4v) is 6.09. The molecule has 3 rings (SSSR count). The van der Waals surface area contributed by atoms with Gasteiger partial charge in [-0.25, -0.2) is 0 Å². The number of carboxylic acid groups (broad SMARTS) is 1. The predicted molar refractivity (Wildman–Crippen MR) is 110 cm³/mol. The third-order valence-electron chi connectivity index (χ3n) is 4.64. The first-order chi connectivity index (χ1) is 12.1. The van der Waals surface area contributed by atoms with E-state index in [1.807, 2.05) is 0 Å². The number of carboxylic acids is 1. The first kappa shape index (κ1) is 18.8. The van der Waals surface area contributed by atoms with Crippen LogP contribution in [0.2, 0.25) is 0 Å². The van der Waals surface area contributed by atoms with E-state index in [-0.39, 0.29) is 12.5 Å². The molecule has 1 N–H and O–H groups in total. The fourth-order valence-electron chi connectivity index (χ4n) is 3.42. The molecule has 2 aromatic rings. The summed E-state index contributed by atoms with van der Waals surface area (Å²) in [5, 5.41) is 13.3. The molecular weight excluding hydrogens is 418 g/mol. The molecule has 1 aliphatic heterocycles. The lowest BCUT2D eigenvalue weighted by Crippen LogP contribution is -2.32. The lowest BCUT2D eigenvalue weighted by molar-refractivity contribution is -0.138. The molecule has 0 saturated carbocycles. The molecule has 0 aliphatic carbocycles. The molecule has 0 aromatic carbocycles. The monoisotopic (exact) mass is 439 g/mol. The molecule has 0 bridgehead atoms. The van der Waals surface area contributed by atoms with E-state index in [0.29, 0.717) is 0 Å². The van der Waals surface area contributed by atoms with Gasteiger partial charge in [-0.15, -0.1) is 22.7 Å². The van der Waals surface area contributed by atoms with Crippen molar-refractivity contribution in [2.24, 2.45) is 0 Å². The minimum Gasteiger partial charge on any atom is -0.481 e. The van der Waals surface area contributed by atoms with E-state index in [0.717, 1.165) is 36.8 Å². The minimum atomic E-state index is -0.690. The van der Waals surface area contributed by atoms with Gasteiger partial charge in [-0.3, -0.25) is 9.69 Å². The van der Waals surface area contributed by atoms with E-state index >= 15 is 0 Å². The first-order valence-electron chi connectivity index (χ1n) is 8.50. The number of aliphatic carboxylic acids is 1. The SMILES string of the molecule is Cc1ccsc1C(=CCCN1CCC[C@H]1CC(=O)O)c1sccc1Br. The lowest BCUT2D eigenvalue weighted by Gasteiger charge is -2.22. The maximum Gasteiger partial charge on any atom is 0.304 e. The average molecular weight is 440 g/mol. The zero-order valence-corrected chi connectivity index (χ0v) is 17.4. The standard InChI is InChI=1S/C19H22BrNO2S2/c1-13-6-10-24-18(13)15(19-16(20)7-11-25-19)5-3-9-21-8-2-4-14(21)12-17(22)23/h5-7,10-11,14H,2-4,8-9,12H2,1H3,(H,22,23)/t14-/m0/s1. The quantitative estimate of drug-likeness (QED) is 0.606. The van der Waals surface area contributed by atoms with Gasteiger partial charge in [-0.2, -0.15) is 0 Å². The molecule has 0 unspecified atom stereocenters. The molecule has 3 nitrogen and oxygen atoms in total. The Morgan fingerprint density at radius 3 is 2.76 bits per heavy atom. The summed E-state index contributed by atoms with van der Waals surface area (Å²) in [5.74, 6) is -0.690. The molecule has 134 valence electrons. The average Bonchev–Trinajstić information content (AvgIpc) is 3.27. The molecule has 25 heavy (non-hydrogen) atoms. The Labute approximate surface area is 165 Å². The van der Waals surface area contributed by atoms with Gasteiger partial charge in [0.05, 0.1) is 6.42 Å². The Hall–Kier alpha value is -0.950. The van der Waals surface area contributed by atoms with Gasteiger partial charge in [-0.1, -0.05) is 6.08 Å². The van der Waals surface area contributed by atoms with Crippen molar-refractivity contribution in [3.63, 3.8) is 0 Å². The zero-order chi connectivity index (χ0) is 17.8. The van der Waals surface area contributed by atoms with E-state index in [1.165, 1.54) is 20.9 Å². The van der Waals surface area contributed by atoms with Crippen LogP contribution in [0.4, 0.5) is 0 Å². The summed E-state index contributed by atoms with van der Waals surface area (Å²) in [6, 6.07) is 4.46. The number of nitrogens with zero attached hydrogens (tertiary/aromatic N) is 1. The van der Waals surface area contributed by atoms with Crippen molar-refractivity contribution in [1.82, 2.24) is 4.90 Å². The van der Waals surface area contributed by atoms with Crippen molar-refractivity contribution in [1.29, 1.82) is 0 Å². The predicted octanol–water partition coefficient (Wildman–Crippen LogP) is 5.64. The largest absolute Gasteiger partial charge is 0.481 e. The van der Waals surface area contributed by atoms with Crippen molar-refractivity contribution in [2.45, 2.75) is 38.6 Å². The second kappa shape index (κ2) is 8.62. The third kappa shape index (κ3) is 4.61. The Morgan fingerprint density at radius 2 is 2.12 bits per heavy atom. The highest BCUT2D eigenvalue weighted by atomic mass is 79.9. The van der Waals surface area contributed by atoms with Crippen molar-refractivity contribution in [3.8, 4) is 0 Å². The molecule has 6 heteroatoms. The second-order valence-electron chi connectivity index (χ2n) is 6.37. The van der Waals surface area contributed by atoms with Crippen molar-refractivity contribution in [3.05, 3.63) is 48.8 Å². The number of thiophene rings is 2. The van der Waals surface area contributed by atoms with Crippen LogP contribution in [0.15, 0.2) is 33.4 Å². The number of halogens is 1. The van der Waals surface area contributed by atoms with E-state index in [1.54, 1.807) is 22.7 Å². The summed E-state index contributed by atoms with van der Waals surface area (Å²) in [4.78, 5) is 16.0. The van der Waals surface area contributed by atoms with Crippen LogP contribution in [0.5, 0.6) is 0 Å². The first-order valence-corrected chi connectivity index (χ1v) is 11.1. The molecule has 3 heterocycles. The summed E-state index contributed by atoms with van der Waals surface area (Å²) in [5.41, 5.74) is 2.60. The van der Waals surface area contributed by atoms with Gasteiger partial charge in [0.25, 0.3) is 0 Å². The topological polar surface area (TPSA) is 40.5 Å². The van der Waals surface area contributed by atoms with Crippen LogP contribution < -0.4 is 0 Å². The van der Waals surface area contributed by atoms with Gasteiger partial charge in [0.1, 0.15) is 0 Å². The highest BCUT2D eigenvalue weighted by Gasteiger charge is 2.25. The maximum atomic E-state index is 11.0. The highest BCUT2D eigenvalue weighted by molar-refractivity contribution is 9.10. The fraction of sp³-hybridized carbons (Fsp3) is 0.421. The van der Waals surface area contributed by atoms with Crippen LogP contribution >= 0.6 is 38.6 Å². The molecule has 0 radical (unpaired) electrons. The number of hydrogen-bond donors (Lipinski definition) is 1.